The lowest BCUT2D eigenvalue weighted by atomic mass is 10.1. The van der Waals surface area contributed by atoms with Crippen LogP contribution in [-0.2, 0) is 16.0 Å². The molecule has 1 heterocycles. The molecule has 0 spiro atoms. The average Bonchev–Trinajstić information content (AvgIpc) is 3.04. The lowest BCUT2D eigenvalue weighted by Crippen LogP contribution is -2.39. The van der Waals surface area contributed by atoms with E-state index in [1.165, 1.54) is 10.5 Å². The zero-order valence-corrected chi connectivity index (χ0v) is 11.9. The van der Waals surface area contributed by atoms with E-state index in [-0.39, 0.29) is 23.1 Å². The first-order valence-electron chi connectivity index (χ1n) is 6.91. The lowest BCUT2D eigenvalue weighted by Gasteiger charge is -2.15. The van der Waals surface area contributed by atoms with Gasteiger partial charge in [-0.15, -0.1) is 11.8 Å². The molecule has 1 aromatic rings. The minimum Gasteiger partial charge on any atom is -0.481 e. The third-order valence-corrected chi connectivity index (χ3v) is 5.39. The van der Waals surface area contributed by atoms with Crippen LogP contribution >= 0.6 is 11.8 Å². The van der Waals surface area contributed by atoms with Crippen molar-refractivity contribution in [1.29, 1.82) is 0 Å². The van der Waals surface area contributed by atoms with Crippen LogP contribution in [0.2, 0.25) is 0 Å². The van der Waals surface area contributed by atoms with Crippen LogP contribution < -0.4 is 5.32 Å². The molecule has 1 fully saturated rings. The topological polar surface area (TPSA) is 66.4 Å². The van der Waals surface area contributed by atoms with Gasteiger partial charge in [0.2, 0.25) is 5.91 Å². The summed E-state index contributed by atoms with van der Waals surface area (Å²) in [5, 5.41) is 11.9. The molecule has 5 heteroatoms. The highest BCUT2D eigenvalue weighted by Gasteiger charge is 2.33. The molecule has 3 rings (SSSR count). The molecular formula is C15H17NO3S. The first kappa shape index (κ1) is 13.5. The molecular weight excluding hydrogens is 274 g/mol. The Balaban J connectivity index is 1.56. The molecule has 0 bridgehead atoms. The normalized spacial score (nSPS) is 28.1. The number of benzene rings is 1. The Morgan fingerprint density at radius 1 is 1.25 bits per heavy atom. The van der Waals surface area contributed by atoms with Gasteiger partial charge in [0.1, 0.15) is 0 Å². The van der Waals surface area contributed by atoms with Crippen molar-refractivity contribution in [2.75, 3.05) is 0 Å². The summed E-state index contributed by atoms with van der Waals surface area (Å²) in [5.74, 6) is -1.000. The van der Waals surface area contributed by atoms with Crippen molar-refractivity contribution >= 4 is 23.6 Å². The quantitative estimate of drug-likeness (QED) is 0.894. The van der Waals surface area contributed by atoms with Gasteiger partial charge < -0.3 is 10.4 Å². The predicted octanol–water partition coefficient (Wildman–Crippen LogP) is 2.07. The maximum Gasteiger partial charge on any atom is 0.306 e. The fourth-order valence-electron chi connectivity index (χ4n) is 2.96. The molecule has 4 nitrogen and oxygen atoms in total. The molecule has 0 saturated heterocycles. The summed E-state index contributed by atoms with van der Waals surface area (Å²) in [6.45, 7) is 0. The molecule has 20 heavy (non-hydrogen) atoms. The number of carboxylic acid groups (broad SMARTS) is 1. The van der Waals surface area contributed by atoms with Crippen LogP contribution in [0.1, 0.15) is 24.8 Å². The highest BCUT2D eigenvalue weighted by Crippen LogP contribution is 2.37. The van der Waals surface area contributed by atoms with Gasteiger partial charge in [0, 0.05) is 10.9 Å². The van der Waals surface area contributed by atoms with E-state index in [9.17, 15) is 9.59 Å². The number of rotatable bonds is 3. The Morgan fingerprint density at radius 3 is 2.75 bits per heavy atom. The van der Waals surface area contributed by atoms with Crippen molar-refractivity contribution in [2.24, 2.45) is 5.92 Å². The first-order chi connectivity index (χ1) is 9.63. The van der Waals surface area contributed by atoms with Gasteiger partial charge in [-0.25, -0.2) is 0 Å². The number of aliphatic carboxylic acids is 1. The van der Waals surface area contributed by atoms with Crippen LogP contribution in [0.15, 0.2) is 29.2 Å². The third-order valence-electron chi connectivity index (χ3n) is 4.07. The number of thioether (sulfide) groups is 1. The Kier molecular flexibility index (Phi) is 3.70. The van der Waals surface area contributed by atoms with Gasteiger partial charge in [0.25, 0.3) is 0 Å². The summed E-state index contributed by atoms with van der Waals surface area (Å²) in [6, 6.07) is 8.11. The molecule has 1 saturated carbocycles. The van der Waals surface area contributed by atoms with Crippen molar-refractivity contribution in [1.82, 2.24) is 5.32 Å². The molecule has 0 radical (unpaired) electrons. The van der Waals surface area contributed by atoms with Gasteiger partial charge in [-0.05, 0) is 37.3 Å². The molecule has 3 atom stereocenters. The van der Waals surface area contributed by atoms with Crippen molar-refractivity contribution < 1.29 is 14.7 Å². The van der Waals surface area contributed by atoms with Crippen molar-refractivity contribution in [3.8, 4) is 0 Å². The highest BCUT2D eigenvalue weighted by atomic mass is 32.2. The van der Waals surface area contributed by atoms with E-state index in [0.29, 0.717) is 12.8 Å². The van der Waals surface area contributed by atoms with Crippen LogP contribution in [0.5, 0.6) is 0 Å². The number of carbonyl (C=O) groups is 2. The molecule has 1 unspecified atom stereocenters. The smallest absolute Gasteiger partial charge is 0.306 e. The molecule has 2 N–H and O–H groups in total. The summed E-state index contributed by atoms with van der Waals surface area (Å²) < 4.78 is 0. The highest BCUT2D eigenvalue weighted by molar-refractivity contribution is 8.01. The largest absolute Gasteiger partial charge is 0.481 e. The van der Waals surface area contributed by atoms with E-state index in [1.54, 1.807) is 11.8 Å². The molecule has 2 aliphatic rings. The second-order valence-corrected chi connectivity index (χ2v) is 6.72. The number of fused-ring (bicyclic) bond motifs is 1. The zero-order chi connectivity index (χ0) is 14.1. The van der Waals surface area contributed by atoms with Crippen LogP contribution in [0.3, 0.4) is 0 Å². The van der Waals surface area contributed by atoms with Crippen LogP contribution in [0, 0.1) is 5.92 Å². The lowest BCUT2D eigenvalue weighted by molar-refractivity contribution is -0.141. The SMILES string of the molecule is O=C(N[C@@H]1CC[C@H](C(=O)O)C1)C1Cc2ccccc2S1. The Morgan fingerprint density at radius 2 is 2.05 bits per heavy atom. The van der Waals surface area contributed by atoms with Gasteiger partial charge >= 0.3 is 5.97 Å². The first-order valence-corrected chi connectivity index (χ1v) is 7.79. The summed E-state index contributed by atoms with van der Waals surface area (Å²) in [6.07, 6.45) is 2.76. The molecule has 1 aromatic carbocycles. The maximum atomic E-state index is 12.3. The molecule has 1 amide bonds. The molecule has 0 aromatic heterocycles. The summed E-state index contributed by atoms with van der Waals surface area (Å²) in [5.41, 5.74) is 1.23. The molecule has 106 valence electrons. The Labute approximate surface area is 121 Å². The summed E-state index contributed by atoms with van der Waals surface area (Å²) in [7, 11) is 0. The number of hydrogen-bond acceptors (Lipinski definition) is 3. The second kappa shape index (κ2) is 5.48. The van der Waals surface area contributed by atoms with E-state index < -0.39 is 5.97 Å². The fraction of sp³-hybridized carbons (Fsp3) is 0.467. The fourth-order valence-corrected chi connectivity index (χ4v) is 4.16. The van der Waals surface area contributed by atoms with Gasteiger partial charge in [-0.1, -0.05) is 18.2 Å². The van der Waals surface area contributed by atoms with Crippen LogP contribution in [0.25, 0.3) is 0 Å². The molecule has 1 aliphatic heterocycles. The van der Waals surface area contributed by atoms with Crippen molar-refractivity contribution in [2.45, 2.75) is 41.9 Å². The number of nitrogens with one attached hydrogen (secondary N) is 1. The number of carbonyl (C=O) groups excluding carboxylic acids is 1. The Hall–Kier alpha value is -1.49. The molecule has 1 aliphatic carbocycles. The van der Waals surface area contributed by atoms with E-state index in [0.717, 1.165) is 12.8 Å². The van der Waals surface area contributed by atoms with Crippen molar-refractivity contribution in [3.05, 3.63) is 29.8 Å². The summed E-state index contributed by atoms with van der Waals surface area (Å²) >= 11 is 1.61. The van der Waals surface area contributed by atoms with Crippen LogP contribution in [0.4, 0.5) is 0 Å². The van der Waals surface area contributed by atoms with Gasteiger partial charge in [0.05, 0.1) is 11.2 Å². The van der Waals surface area contributed by atoms with Gasteiger partial charge in [0.15, 0.2) is 0 Å². The van der Waals surface area contributed by atoms with Crippen LogP contribution in [-0.4, -0.2) is 28.3 Å². The number of hydrogen-bond donors (Lipinski definition) is 2. The number of amides is 1. The van der Waals surface area contributed by atoms with E-state index in [1.807, 2.05) is 18.2 Å². The minimum atomic E-state index is -0.746. The van der Waals surface area contributed by atoms with E-state index in [2.05, 4.69) is 11.4 Å². The monoisotopic (exact) mass is 291 g/mol. The van der Waals surface area contributed by atoms with Gasteiger partial charge in [-0.2, -0.15) is 0 Å². The predicted molar refractivity (Wildman–Crippen MR) is 76.7 cm³/mol. The second-order valence-electron chi connectivity index (χ2n) is 5.47. The Bertz CT molecular complexity index is 521. The van der Waals surface area contributed by atoms with Gasteiger partial charge in [-0.3, -0.25) is 9.59 Å². The summed E-state index contributed by atoms with van der Waals surface area (Å²) in [4.78, 5) is 24.4. The van der Waals surface area contributed by atoms with E-state index in [4.69, 9.17) is 5.11 Å². The third kappa shape index (κ3) is 2.68. The maximum absolute atomic E-state index is 12.3. The zero-order valence-electron chi connectivity index (χ0n) is 11.0. The van der Waals surface area contributed by atoms with E-state index >= 15 is 0 Å². The standard InChI is InChI=1S/C15H17NO3S/c17-14(16-11-6-5-10(7-11)15(18)19)13-8-9-3-1-2-4-12(9)20-13/h1-4,10-11,13H,5-8H2,(H,16,17)(H,18,19)/t10-,11+,13?/m0/s1. The van der Waals surface area contributed by atoms with Crippen molar-refractivity contribution in [3.63, 3.8) is 0 Å². The minimum absolute atomic E-state index is 0.0212. The number of carboxylic acids is 1. The average molecular weight is 291 g/mol.